The summed E-state index contributed by atoms with van der Waals surface area (Å²) < 4.78 is 19.7. The molecule has 7 nitrogen and oxygen atoms in total. The lowest BCUT2D eigenvalue weighted by molar-refractivity contribution is -0.139. The Kier molecular flexibility index (Phi) is 6.71. The number of benzene rings is 1. The number of fused-ring (bicyclic) bond motifs is 1. The van der Waals surface area contributed by atoms with Crippen LogP contribution in [0.1, 0.15) is 36.9 Å². The molecule has 1 aromatic heterocycles. The molecule has 3 heterocycles. The highest BCUT2D eigenvalue weighted by Gasteiger charge is 2.42. The molecule has 0 saturated carbocycles. The summed E-state index contributed by atoms with van der Waals surface area (Å²) in [6, 6.07) is 3.68. The highest BCUT2D eigenvalue weighted by Crippen LogP contribution is 2.43. The number of hydrogen-bond donors (Lipinski definition) is 1. The lowest BCUT2D eigenvalue weighted by atomic mass is 9.94. The van der Waals surface area contributed by atoms with Gasteiger partial charge in [0.1, 0.15) is 11.9 Å². The Balaban J connectivity index is 1.84. The number of amides is 1. The van der Waals surface area contributed by atoms with Gasteiger partial charge >= 0.3 is 5.97 Å². The second-order valence-corrected chi connectivity index (χ2v) is 9.31. The predicted molar refractivity (Wildman–Crippen MR) is 123 cm³/mol. The lowest BCUT2D eigenvalue weighted by Crippen LogP contribution is -2.36. The molecule has 1 saturated heterocycles. The maximum Gasteiger partial charge on any atom is 0.338 e. The van der Waals surface area contributed by atoms with Crippen molar-refractivity contribution in [3.8, 4) is 0 Å². The van der Waals surface area contributed by atoms with Crippen LogP contribution < -0.4 is 5.32 Å². The topological polar surface area (TPSA) is 83.9 Å². The summed E-state index contributed by atoms with van der Waals surface area (Å²) in [5.74, 6) is -0.176. The molecule has 1 amide bonds. The zero-order valence-corrected chi connectivity index (χ0v) is 20.0. The molecule has 1 fully saturated rings. The van der Waals surface area contributed by atoms with E-state index in [1.54, 1.807) is 19.2 Å². The van der Waals surface area contributed by atoms with Crippen LogP contribution in [0, 0.1) is 11.7 Å². The number of rotatable bonds is 6. The van der Waals surface area contributed by atoms with E-state index in [0.29, 0.717) is 41.0 Å². The molecular formula is C22H22BrFN4O3S. The molecule has 10 heteroatoms. The number of aliphatic imine (C=N–C) groups is 1. The molecule has 0 bridgehead atoms. The van der Waals surface area contributed by atoms with Crippen molar-refractivity contribution in [1.82, 2.24) is 15.2 Å². The minimum Gasteiger partial charge on any atom is -0.463 e. The first-order valence-electron chi connectivity index (χ1n) is 10.2. The van der Waals surface area contributed by atoms with E-state index in [-0.39, 0.29) is 24.2 Å². The van der Waals surface area contributed by atoms with Gasteiger partial charge < -0.3 is 15.0 Å². The summed E-state index contributed by atoms with van der Waals surface area (Å²) >= 11 is 4.89. The van der Waals surface area contributed by atoms with E-state index in [4.69, 9.17) is 9.73 Å². The van der Waals surface area contributed by atoms with Crippen LogP contribution >= 0.6 is 27.3 Å². The monoisotopic (exact) mass is 520 g/mol. The quantitative estimate of drug-likeness (QED) is 0.585. The SMILES string of the molecule is CCOC(=O)C1=C2C[C@H](CNC(C)=O)CN2C(c2nccs2)=N[C@H]1c1ccc(F)cc1Br. The van der Waals surface area contributed by atoms with Gasteiger partial charge in [0.05, 0.1) is 12.2 Å². The number of carbonyl (C=O) groups excluding carboxylic acids is 2. The molecule has 2 aliphatic rings. The molecule has 0 spiro atoms. The van der Waals surface area contributed by atoms with Gasteiger partial charge in [0.2, 0.25) is 5.91 Å². The fourth-order valence-electron chi connectivity index (χ4n) is 4.02. The molecule has 168 valence electrons. The summed E-state index contributed by atoms with van der Waals surface area (Å²) in [5.41, 5.74) is 1.91. The Morgan fingerprint density at radius 1 is 1.41 bits per heavy atom. The molecule has 1 aromatic carbocycles. The van der Waals surface area contributed by atoms with Crippen molar-refractivity contribution >= 4 is 45.0 Å². The summed E-state index contributed by atoms with van der Waals surface area (Å²) in [6.45, 7) is 4.54. The number of esters is 1. The number of halogens is 2. The van der Waals surface area contributed by atoms with Gasteiger partial charge in [-0.3, -0.25) is 9.79 Å². The highest BCUT2D eigenvalue weighted by molar-refractivity contribution is 9.10. The Hall–Kier alpha value is -2.59. The van der Waals surface area contributed by atoms with Crippen molar-refractivity contribution in [2.45, 2.75) is 26.3 Å². The van der Waals surface area contributed by atoms with Crippen molar-refractivity contribution < 1.29 is 18.7 Å². The molecule has 32 heavy (non-hydrogen) atoms. The average molecular weight is 521 g/mol. The van der Waals surface area contributed by atoms with E-state index in [9.17, 15) is 14.0 Å². The van der Waals surface area contributed by atoms with Crippen molar-refractivity contribution in [1.29, 1.82) is 0 Å². The summed E-state index contributed by atoms with van der Waals surface area (Å²) in [7, 11) is 0. The number of ether oxygens (including phenoxy) is 1. The Bertz CT molecular complexity index is 1100. The number of hydrogen-bond acceptors (Lipinski definition) is 7. The fraction of sp³-hybridized carbons (Fsp3) is 0.364. The van der Waals surface area contributed by atoms with E-state index in [1.165, 1.54) is 30.4 Å². The second kappa shape index (κ2) is 9.50. The minimum absolute atomic E-state index is 0.0962. The van der Waals surface area contributed by atoms with Crippen LogP contribution in [0.25, 0.3) is 0 Å². The first kappa shape index (κ1) is 22.6. The number of thiazole rings is 1. The molecule has 4 rings (SSSR count). The number of amidine groups is 1. The van der Waals surface area contributed by atoms with Gasteiger partial charge in [-0.1, -0.05) is 22.0 Å². The van der Waals surface area contributed by atoms with Crippen molar-refractivity contribution in [3.05, 3.63) is 61.9 Å². The zero-order valence-electron chi connectivity index (χ0n) is 17.6. The van der Waals surface area contributed by atoms with Crippen LogP contribution in [0.5, 0.6) is 0 Å². The molecule has 2 aliphatic heterocycles. The van der Waals surface area contributed by atoms with Gasteiger partial charge in [-0.15, -0.1) is 11.3 Å². The Morgan fingerprint density at radius 2 is 2.22 bits per heavy atom. The van der Waals surface area contributed by atoms with Gasteiger partial charge in [-0.25, -0.2) is 14.2 Å². The second-order valence-electron chi connectivity index (χ2n) is 7.56. The average Bonchev–Trinajstić information content (AvgIpc) is 3.41. The Labute approximate surface area is 197 Å². The van der Waals surface area contributed by atoms with Crippen LogP contribution in [0.15, 0.2) is 50.5 Å². The number of aromatic nitrogens is 1. The number of carbonyl (C=O) groups is 2. The summed E-state index contributed by atoms with van der Waals surface area (Å²) in [5, 5.41) is 5.47. The third-order valence-electron chi connectivity index (χ3n) is 5.36. The van der Waals surface area contributed by atoms with Gasteiger partial charge in [0.25, 0.3) is 0 Å². The van der Waals surface area contributed by atoms with E-state index in [2.05, 4.69) is 26.2 Å². The van der Waals surface area contributed by atoms with Crippen molar-refractivity contribution in [2.24, 2.45) is 10.9 Å². The molecule has 1 N–H and O–H groups in total. The largest absolute Gasteiger partial charge is 0.463 e. The van der Waals surface area contributed by atoms with E-state index in [1.807, 2.05) is 10.3 Å². The number of nitrogens with zero attached hydrogens (tertiary/aromatic N) is 3. The van der Waals surface area contributed by atoms with Crippen LogP contribution in [-0.4, -0.2) is 47.3 Å². The van der Waals surface area contributed by atoms with Gasteiger partial charge in [0, 0.05) is 41.8 Å². The van der Waals surface area contributed by atoms with Crippen LogP contribution in [-0.2, 0) is 14.3 Å². The molecule has 0 unspecified atom stereocenters. The van der Waals surface area contributed by atoms with Gasteiger partial charge in [0.15, 0.2) is 10.8 Å². The van der Waals surface area contributed by atoms with Crippen LogP contribution in [0.4, 0.5) is 4.39 Å². The lowest BCUT2D eigenvalue weighted by Gasteiger charge is -2.32. The normalized spacial score (nSPS) is 20.1. The first-order valence-corrected chi connectivity index (χ1v) is 11.9. The Morgan fingerprint density at radius 3 is 2.88 bits per heavy atom. The van der Waals surface area contributed by atoms with Crippen LogP contribution in [0.2, 0.25) is 0 Å². The highest BCUT2D eigenvalue weighted by atomic mass is 79.9. The molecule has 0 aliphatic carbocycles. The van der Waals surface area contributed by atoms with E-state index >= 15 is 0 Å². The summed E-state index contributed by atoms with van der Waals surface area (Å²) in [4.78, 5) is 35.9. The number of allylic oxidation sites excluding steroid dienone is 1. The number of nitrogens with one attached hydrogen (secondary N) is 1. The molecule has 2 aromatic rings. The maximum atomic E-state index is 13.8. The van der Waals surface area contributed by atoms with Gasteiger partial charge in [-0.2, -0.15) is 0 Å². The molecule has 0 radical (unpaired) electrons. The third kappa shape index (κ3) is 4.47. The summed E-state index contributed by atoms with van der Waals surface area (Å²) in [6.07, 6.45) is 2.29. The maximum absolute atomic E-state index is 13.8. The standard InChI is InChI=1S/C22H22BrFN4O3S/c1-3-31-22(30)18-17-8-13(10-26-12(2)29)11-28(17)20(21-25-6-7-32-21)27-19(18)15-5-4-14(24)9-16(15)23/h4-7,9,13,19H,3,8,10-11H2,1-2H3,(H,26,29)/t13-,19+/m1/s1. The molecule has 2 atom stereocenters. The zero-order chi connectivity index (χ0) is 22.8. The first-order chi connectivity index (χ1) is 15.4. The minimum atomic E-state index is -0.673. The van der Waals surface area contributed by atoms with E-state index < -0.39 is 12.0 Å². The van der Waals surface area contributed by atoms with Crippen LogP contribution in [0.3, 0.4) is 0 Å². The van der Waals surface area contributed by atoms with Crippen molar-refractivity contribution in [2.75, 3.05) is 19.7 Å². The van der Waals surface area contributed by atoms with Crippen molar-refractivity contribution in [3.63, 3.8) is 0 Å². The third-order valence-corrected chi connectivity index (χ3v) is 6.81. The molecular weight excluding hydrogens is 499 g/mol. The predicted octanol–water partition coefficient (Wildman–Crippen LogP) is 3.82. The van der Waals surface area contributed by atoms with Gasteiger partial charge in [-0.05, 0) is 37.0 Å². The smallest absolute Gasteiger partial charge is 0.338 e. The fourth-order valence-corrected chi connectivity index (χ4v) is 5.22. The van der Waals surface area contributed by atoms with E-state index in [0.717, 1.165) is 10.7 Å².